The Kier molecular flexibility index (Phi) is 6.41. The third-order valence-electron chi connectivity index (χ3n) is 3.73. The van der Waals surface area contributed by atoms with Gasteiger partial charge in [0.25, 0.3) is 0 Å². The summed E-state index contributed by atoms with van der Waals surface area (Å²) in [6.45, 7) is -0.175. The second-order valence-corrected chi connectivity index (χ2v) is 8.28. The average Bonchev–Trinajstić information content (AvgIpc) is 2.63. The molecule has 2 aromatic rings. The van der Waals surface area contributed by atoms with Crippen molar-refractivity contribution >= 4 is 68.4 Å². The molecule has 0 radical (unpaired) electrons. The Bertz CT molecular complexity index is 909. The number of nitrogens with one attached hydrogen (secondary N) is 3. The Labute approximate surface area is 173 Å². The molecular formula is C18H15BrClN3O3S. The largest absolute Gasteiger partial charge is 0.347 e. The molecule has 3 N–H and O–H groups in total. The lowest BCUT2D eigenvalue weighted by molar-refractivity contribution is -0.125. The molecule has 0 saturated heterocycles. The summed E-state index contributed by atoms with van der Waals surface area (Å²) in [6.07, 6.45) is -0.0269. The number of fused-ring (bicyclic) bond motifs is 1. The summed E-state index contributed by atoms with van der Waals surface area (Å²) in [5.41, 5.74) is 1.26. The van der Waals surface area contributed by atoms with Crippen molar-refractivity contribution in [3.05, 3.63) is 52.0 Å². The number of anilines is 2. The number of para-hydroxylation sites is 1. The van der Waals surface area contributed by atoms with Gasteiger partial charge in [-0.1, -0.05) is 23.7 Å². The molecule has 1 aliphatic rings. The van der Waals surface area contributed by atoms with Crippen molar-refractivity contribution < 1.29 is 14.4 Å². The molecule has 0 aliphatic carbocycles. The van der Waals surface area contributed by atoms with Gasteiger partial charge in [0.2, 0.25) is 17.7 Å². The maximum absolute atomic E-state index is 12.2. The van der Waals surface area contributed by atoms with E-state index in [1.54, 1.807) is 36.4 Å². The van der Waals surface area contributed by atoms with Gasteiger partial charge in [0.15, 0.2) is 0 Å². The Balaban J connectivity index is 1.50. The zero-order chi connectivity index (χ0) is 19.4. The monoisotopic (exact) mass is 467 g/mol. The highest BCUT2D eigenvalue weighted by Crippen LogP contribution is 2.38. The summed E-state index contributed by atoms with van der Waals surface area (Å²) in [7, 11) is 0. The van der Waals surface area contributed by atoms with Crippen molar-refractivity contribution in [3.8, 4) is 0 Å². The molecule has 1 heterocycles. The molecular weight excluding hydrogens is 454 g/mol. The standard InChI is InChI=1S/C18H15BrClN3O3S/c19-11-3-1-2-4-12(11)22-17(25)9-21-16(24)8-15-18(26)23-13-7-10(20)5-6-14(13)27-15/h1-7,15H,8-9H2,(H,21,24)(H,22,25)(H,23,26). The van der Waals surface area contributed by atoms with Gasteiger partial charge in [-0.3, -0.25) is 14.4 Å². The third kappa shape index (κ3) is 5.24. The first-order chi connectivity index (χ1) is 12.9. The van der Waals surface area contributed by atoms with Gasteiger partial charge in [0.05, 0.1) is 23.2 Å². The fourth-order valence-electron chi connectivity index (χ4n) is 2.43. The van der Waals surface area contributed by atoms with Crippen LogP contribution in [-0.4, -0.2) is 29.5 Å². The zero-order valence-electron chi connectivity index (χ0n) is 13.9. The fourth-order valence-corrected chi connectivity index (χ4v) is 4.08. The summed E-state index contributed by atoms with van der Waals surface area (Å²) in [6, 6.07) is 12.4. The maximum atomic E-state index is 12.2. The van der Waals surface area contributed by atoms with Gasteiger partial charge in [-0.25, -0.2) is 0 Å². The number of thioether (sulfide) groups is 1. The van der Waals surface area contributed by atoms with E-state index in [2.05, 4.69) is 31.9 Å². The van der Waals surface area contributed by atoms with Crippen LogP contribution in [0, 0.1) is 0 Å². The van der Waals surface area contributed by atoms with E-state index in [9.17, 15) is 14.4 Å². The first-order valence-electron chi connectivity index (χ1n) is 8.00. The Hall–Kier alpha value is -2.03. The second kappa shape index (κ2) is 8.77. The van der Waals surface area contributed by atoms with E-state index in [0.717, 1.165) is 9.37 Å². The van der Waals surface area contributed by atoms with Gasteiger partial charge in [-0.2, -0.15) is 0 Å². The predicted molar refractivity (Wildman–Crippen MR) is 110 cm³/mol. The minimum absolute atomic E-state index is 0.0269. The number of hydrogen-bond donors (Lipinski definition) is 3. The molecule has 9 heteroatoms. The molecule has 0 aromatic heterocycles. The van der Waals surface area contributed by atoms with Crippen LogP contribution in [0.15, 0.2) is 51.8 Å². The SMILES string of the molecule is O=C(CC1Sc2ccc(Cl)cc2NC1=O)NCC(=O)Nc1ccccc1Br. The molecule has 1 unspecified atom stereocenters. The van der Waals surface area contributed by atoms with Crippen molar-refractivity contribution in [3.63, 3.8) is 0 Å². The smallest absolute Gasteiger partial charge is 0.243 e. The summed E-state index contributed by atoms with van der Waals surface area (Å²) >= 11 is 10.6. The van der Waals surface area contributed by atoms with Crippen LogP contribution in [0.5, 0.6) is 0 Å². The zero-order valence-corrected chi connectivity index (χ0v) is 17.1. The molecule has 0 saturated carbocycles. The Morgan fingerprint density at radius 1 is 1.19 bits per heavy atom. The first-order valence-corrected chi connectivity index (χ1v) is 10.1. The van der Waals surface area contributed by atoms with E-state index in [4.69, 9.17) is 11.6 Å². The van der Waals surface area contributed by atoms with Gasteiger partial charge < -0.3 is 16.0 Å². The van der Waals surface area contributed by atoms with Crippen molar-refractivity contribution in [2.45, 2.75) is 16.6 Å². The minimum Gasteiger partial charge on any atom is -0.347 e. The van der Waals surface area contributed by atoms with Gasteiger partial charge in [0, 0.05) is 20.8 Å². The van der Waals surface area contributed by atoms with Crippen LogP contribution in [0.2, 0.25) is 5.02 Å². The van der Waals surface area contributed by atoms with Gasteiger partial charge in [0.1, 0.15) is 0 Å². The van der Waals surface area contributed by atoms with Crippen molar-refractivity contribution in [2.24, 2.45) is 0 Å². The lowest BCUT2D eigenvalue weighted by atomic mass is 10.2. The van der Waals surface area contributed by atoms with Crippen LogP contribution in [0.25, 0.3) is 0 Å². The molecule has 140 valence electrons. The Morgan fingerprint density at radius 3 is 2.74 bits per heavy atom. The molecule has 27 heavy (non-hydrogen) atoms. The maximum Gasteiger partial charge on any atom is 0.243 e. The predicted octanol–water partition coefficient (Wildman–Crippen LogP) is 3.66. The van der Waals surface area contributed by atoms with Crippen LogP contribution in [-0.2, 0) is 14.4 Å². The third-order valence-corrected chi connectivity index (χ3v) is 5.93. The molecule has 6 nitrogen and oxygen atoms in total. The topological polar surface area (TPSA) is 87.3 Å². The number of hydrogen-bond acceptors (Lipinski definition) is 4. The van der Waals surface area contributed by atoms with Crippen LogP contribution >= 0.6 is 39.3 Å². The summed E-state index contributed by atoms with van der Waals surface area (Å²) < 4.78 is 0.749. The molecule has 0 spiro atoms. The lowest BCUT2D eigenvalue weighted by Crippen LogP contribution is -2.37. The number of amides is 3. The van der Waals surface area contributed by atoms with E-state index in [1.165, 1.54) is 11.8 Å². The number of halogens is 2. The second-order valence-electron chi connectivity index (χ2n) is 5.75. The van der Waals surface area contributed by atoms with Crippen molar-refractivity contribution in [1.29, 1.82) is 0 Å². The number of rotatable bonds is 5. The number of benzene rings is 2. The van der Waals surface area contributed by atoms with Gasteiger partial charge in [-0.15, -0.1) is 11.8 Å². The van der Waals surface area contributed by atoms with E-state index in [0.29, 0.717) is 16.4 Å². The quantitative estimate of drug-likeness (QED) is 0.625. The van der Waals surface area contributed by atoms with E-state index >= 15 is 0 Å². The molecule has 1 aliphatic heterocycles. The van der Waals surface area contributed by atoms with E-state index in [-0.39, 0.29) is 30.7 Å². The highest BCUT2D eigenvalue weighted by molar-refractivity contribution is 9.10. The molecule has 0 fully saturated rings. The molecule has 2 aromatic carbocycles. The minimum atomic E-state index is -0.565. The average molecular weight is 469 g/mol. The van der Waals surface area contributed by atoms with E-state index in [1.807, 2.05) is 6.07 Å². The highest BCUT2D eigenvalue weighted by Gasteiger charge is 2.29. The van der Waals surface area contributed by atoms with Crippen molar-refractivity contribution in [1.82, 2.24) is 5.32 Å². The Morgan fingerprint density at radius 2 is 1.96 bits per heavy atom. The van der Waals surface area contributed by atoms with Gasteiger partial charge in [-0.05, 0) is 46.3 Å². The number of carbonyl (C=O) groups is 3. The van der Waals surface area contributed by atoms with Crippen LogP contribution in [0.3, 0.4) is 0 Å². The van der Waals surface area contributed by atoms with Crippen molar-refractivity contribution in [2.75, 3.05) is 17.2 Å². The van der Waals surface area contributed by atoms with E-state index < -0.39 is 5.25 Å². The highest BCUT2D eigenvalue weighted by atomic mass is 79.9. The molecule has 0 bridgehead atoms. The summed E-state index contributed by atoms with van der Waals surface area (Å²) in [5.74, 6) is -0.985. The van der Waals surface area contributed by atoms with Gasteiger partial charge >= 0.3 is 0 Å². The summed E-state index contributed by atoms with van der Waals surface area (Å²) in [4.78, 5) is 37.1. The van der Waals surface area contributed by atoms with Crippen LogP contribution < -0.4 is 16.0 Å². The summed E-state index contributed by atoms with van der Waals surface area (Å²) in [5, 5.41) is 7.96. The normalized spacial score (nSPS) is 15.5. The molecule has 3 rings (SSSR count). The fraction of sp³-hybridized carbons (Fsp3) is 0.167. The molecule has 3 amide bonds. The lowest BCUT2D eigenvalue weighted by Gasteiger charge is -2.23. The van der Waals surface area contributed by atoms with Crippen LogP contribution in [0.1, 0.15) is 6.42 Å². The molecule has 1 atom stereocenters. The first kappa shape index (κ1) is 19.7. The van der Waals surface area contributed by atoms with Crippen LogP contribution in [0.4, 0.5) is 11.4 Å². The number of carbonyl (C=O) groups excluding carboxylic acids is 3.